The van der Waals surface area contributed by atoms with Gasteiger partial charge < -0.3 is 44.0 Å². The minimum Gasteiger partial charge on any atom is -0.459 e. The molecule has 354 valence electrons. The molecule has 7 rings (SSSR count). The predicted octanol–water partition coefficient (Wildman–Crippen LogP) is 9.60. The number of oxime groups is 1. The first-order valence-electron chi connectivity index (χ1n) is 23.6. The van der Waals surface area contributed by atoms with Gasteiger partial charge in [0.05, 0.1) is 49.7 Å². The van der Waals surface area contributed by atoms with Crippen molar-refractivity contribution in [2.45, 2.75) is 89.1 Å². The minimum absolute atomic E-state index is 0.00727. The normalized spacial score (nSPS) is 22.4. The highest BCUT2D eigenvalue weighted by Gasteiger charge is 2.65. The molecule has 67 heavy (non-hydrogen) atoms. The van der Waals surface area contributed by atoms with Crippen LogP contribution in [0, 0.1) is 29.1 Å². The van der Waals surface area contributed by atoms with Crippen molar-refractivity contribution in [3.8, 4) is 34.4 Å². The van der Waals surface area contributed by atoms with E-state index >= 15 is 4.79 Å². The fourth-order valence-corrected chi connectivity index (χ4v) is 9.97. The number of nitrogens with zero attached hydrogens (tertiary/aromatic N) is 3. The van der Waals surface area contributed by atoms with Gasteiger partial charge in [-0.25, -0.2) is 0 Å². The van der Waals surface area contributed by atoms with Crippen LogP contribution >= 0.6 is 0 Å². The highest BCUT2D eigenvalue weighted by Crippen LogP contribution is 2.62. The van der Waals surface area contributed by atoms with E-state index < -0.39 is 23.3 Å². The highest BCUT2D eigenvalue weighted by atomic mass is 16.7. The van der Waals surface area contributed by atoms with Crippen LogP contribution in [0.5, 0.6) is 17.2 Å². The average Bonchev–Trinajstić information content (AvgIpc) is 3.34. The second kappa shape index (κ2) is 22.8. The van der Waals surface area contributed by atoms with Gasteiger partial charge in [0, 0.05) is 43.2 Å². The summed E-state index contributed by atoms with van der Waals surface area (Å²) in [4.78, 5) is 23.1. The van der Waals surface area contributed by atoms with Crippen LogP contribution in [0.2, 0.25) is 0 Å². The van der Waals surface area contributed by atoms with Crippen LogP contribution in [0.1, 0.15) is 93.1 Å². The summed E-state index contributed by atoms with van der Waals surface area (Å²) >= 11 is 0. The molecular formula is C55H65N3O9. The van der Waals surface area contributed by atoms with Crippen molar-refractivity contribution in [3.63, 3.8) is 0 Å². The Morgan fingerprint density at radius 1 is 0.896 bits per heavy atom. The van der Waals surface area contributed by atoms with E-state index in [9.17, 15) is 20.6 Å². The van der Waals surface area contributed by atoms with Crippen molar-refractivity contribution < 1.29 is 43.9 Å². The first-order chi connectivity index (χ1) is 32.5. The summed E-state index contributed by atoms with van der Waals surface area (Å²) in [5.41, 5.74) is 4.85. The van der Waals surface area contributed by atoms with Gasteiger partial charge in [-0.05, 0) is 130 Å². The first kappa shape index (κ1) is 49.1. The topological polar surface area (TPSA) is 163 Å². The highest BCUT2D eigenvalue weighted by molar-refractivity contribution is 6.03. The summed E-state index contributed by atoms with van der Waals surface area (Å²) in [6, 6.07) is 32.0. The molecule has 1 amide bonds. The molecule has 12 nitrogen and oxygen atoms in total. The van der Waals surface area contributed by atoms with Gasteiger partial charge in [0.2, 0.25) is 5.79 Å². The number of rotatable bonds is 22. The van der Waals surface area contributed by atoms with Crippen molar-refractivity contribution in [1.29, 1.82) is 5.26 Å². The second-order valence-corrected chi connectivity index (χ2v) is 18.5. The molecule has 6 atom stereocenters. The summed E-state index contributed by atoms with van der Waals surface area (Å²) < 4.78 is 27.0. The van der Waals surface area contributed by atoms with Crippen molar-refractivity contribution >= 4 is 11.6 Å². The Labute approximate surface area is 395 Å². The smallest absolute Gasteiger partial charge is 0.254 e. The van der Waals surface area contributed by atoms with E-state index in [4.69, 9.17) is 28.9 Å². The molecule has 1 fully saturated rings. The van der Waals surface area contributed by atoms with E-state index in [0.29, 0.717) is 46.9 Å². The van der Waals surface area contributed by atoms with Gasteiger partial charge in [0.15, 0.2) is 0 Å². The van der Waals surface area contributed by atoms with Crippen LogP contribution in [0.15, 0.2) is 127 Å². The number of hydrogen-bond acceptors (Lipinski definition) is 11. The maximum absolute atomic E-state index is 15.1. The van der Waals surface area contributed by atoms with Gasteiger partial charge in [-0.2, -0.15) is 5.26 Å². The van der Waals surface area contributed by atoms with E-state index in [2.05, 4.69) is 36.9 Å². The van der Waals surface area contributed by atoms with Crippen LogP contribution in [0.3, 0.4) is 0 Å². The molecule has 0 radical (unpaired) electrons. The van der Waals surface area contributed by atoms with Crippen molar-refractivity contribution in [2.75, 3.05) is 46.2 Å². The van der Waals surface area contributed by atoms with E-state index in [-0.39, 0.29) is 76.3 Å². The predicted molar refractivity (Wildman–Crippen MR) is 258 cm³/mol. The van der Waals surface area contributed by atoms with Crippen LogP contribution in [0.4, 0.5) is 0 Å². The lowest BCUT2D eigenvalue weighted by atomic mass is 9.55. The SMILES string of the molecule is C=CCO[C@@]12Oc3ccc(Oc4ccc(-c5ccccc5)cc4)cc3[C@H]3[C@H](CCCCO)[C@@H](CCCCO)C=C(C(=NOC(C)(C)C)C[C@@H]1N(CCOCCO)C(=O)c1ccc(C#N)cc1)[C@H]32. The largest absolute Gasteiger partial charge is 0.459 e. The average molecular weight is 912 g/mol. The number of hydrogen-bond donors (Lipinski definition) is 3. The van der Waals surface area contributed by atoms with Crippen molar-refractivity contribution in [3.05, 3.63) is 138 Å². The number of amides is 1. The molecule has 1 saturated carbocycles. The standard InChI is InChI=1S/C55H65N3O9/c1-5-31-64-55-50(58(27-32-63-33-30-61)53(62)41-19-17-38(37-56)18-20-41)36-48(57-67-54(2,3)4)46-34-42(15-9-11-28-59)45(16-10-12-29-60)51(52(46)55)47-35-44(25-26-49(47)66-55)65-43-23-21-40(22-24-43)39-13-7-6-8-14-39/h5-8,13-14,17-26,34-35,42,45,50-52,59-61H,1,9-12,15-16,27-33,36H2,2-4H3/t42-,45+,50-,51+,52+,55+/m0/s1. The number of fused-ring (bicyclic) bond motifs is 2. The summed E-state index contributed by atoms with van der Waals surface area (Å²) in [7, 11) is 0. The lowest BCUT2D eigenvalue weighted by molar-refractivity contribution is -0.254. The maximum Gasteiger partial charge on any atom is 0.254 e. The number of carbonyl (C=O) groups is 1. The number of benzene rings is 4. The Bertz CT molecular complexity index is 2370. The molecule has 0 spiro atoms. The molecular weight excluding hydrogens is 847 g/mol. The molecule has 0 bridgehead atoms. The zero-order valence-electron chi connectivity index (χ0n) is 39.0. The van der Waals surface area contributed by atoms with E-state index in [1.807, 2.05) is 75.4 Å². The number of ether oxygens (including phenoxy) is 4. The molecule has 0 saturated heterocycles. The zero-order valence-corrected chi connectivity index (χ0v) is 39.0. The Hall–Kier alpha value is -5.81. The zero-order chi connectivity index (χ0) is 47.4. The van der Waals surface area contributed by atoms with Gasteiger partial charge in [0.25, 0.3) is 5.91 Å². The van der Waals surface area contributed by atoms with Crippen LogP contribution in [0.25, 0.3) is 11.1 Å². The Morgan fingerprint density at radius 2 is 1.60 bits per heavy atom. The third kappa shape index (κ3) is 11.5. The van der Waals surface area contributed by atoms with Crippen molar-refractivity contribution in [2.24, 2.45) is 22.9 Å². The Kier molecular flexibility index (Phi) is 16.7. The van der Waals surface area contributed by atoms with Gasteiger partial charge in [-0.1, -0.05) is 72.6 Å². The molecule has 3 aliphatic rings. The molecule has 3 N–H and O–H groups in total. The monoisotopic (exact) mass is 911 g/mol. The molecule has 12 heteroatoms. The van der Waals surface area contributed by atoms with Crippen LogP contribution < -0.4 is 9.47 Å². The second-order valence-electron chi connectivity index (χ2n) is 18.5. The fraction of sp³-hybridized carbons (Fsp3) is 0.436. The van der Waals surface area contributed by atoms with Gasteiger partial charge in [-0.15, -0.1) is 6.58 Å². The van der Waals surface area contributed by atoms with Gasteiger partial charge >= 0.3 is 0 Å². The molecule has 1 heterocycles. The summed E-state index contributed by atoms with van der Waals surface area (Å²) in [5.74, 6) is -0.675. The van der Waals surface area contributed by atoms with Crippen LogP contribution in [-0.2, 0) is 14.3 Å². The molecule has 2 aliphatic carbocycles. The van der Waals surface area contributed by atoms with E-state index in [1.165, 1.54) is 0 Å². The minimum atomic E-state index is -1.50. The lowest BCUT2D eigenvalue weighted by Gasteiger charge is -2.60. The van der Waals surface area contributed by atoms with E-state index in [1.54, 1.807) is 35.2 Å². The number of carbonyl (C=O) groups excluding carboxylic acids is 1. The number of aliphatic hydroxyl groups is 3. The molecule has 0 aromatic heterocycles. The molecule has 1 aliphatic heterocycles. The number of allylic oxidation sites excluding steroid dienone is 1. The number of aliphatic hydroxyl groups excluding tert-OH is 3. The summed E-state index contributed by atoms with van der Waals surface area (Å²) in [5, 5.41) is 44.2. The summed E-state index contributed by atoms with van der Waals surface area (Å²) in [6.07, 6.45) is 8.64. The molecule has 4 aromatic carbocycles. The molecule has 0 unspecified atom stereocenters. The molecule has 4 aromatic rings. The van der Waals surface area contributed by atoms with Gasteiger partial charge in [-0.3, -0.25) is 4.79 Å². The fourth-order valence-electron chi connectivity index (χ4n) is 9.97. The van der Waals surface area contributed by atoms with Crippen LogP contribution in [-0.4, -0.2) is 95.5 Å². The first-order valence-corrected chi connectivity index (χ1v) is 23.6. The van der Waals surface area contributed by atoms with Crippen molar-refractivity contribution in [1.82, 2.24) is 4.90 Å². The quantitative estimate of drug-likeness (QED) is 0.0393. The Balaban J connectivity index is 1.43. The number of nitriles is 1. The lowest BCUT2D eigenvalue weighted by Crippen LogP contribution is -2.70. The van der Waals surface area contributed by atoms with Gasteiger partial charge in [0.1, 0.15) is 28.9 Å². The Morgan fingerprint density at radius 3 is 2.27 bits per heavy atom. The third-order valence-corrected chi connectivity index (χ3v) is 12.9. The summed E-state index contributed by atoms with van der Waals surface area (Å²) in [6.45, 7) is 10.3. The number of unbranched alkanes of at least 4 members (excludes halogenated alkanes) is 2. The third-order valence-electron chi connectivity index (χ3n) is 12.9. The van der Waals surface area contributed by atoms with E-state index in [0.717, 1.165) is 47.9 Å². The maximum atomic E-state index is 15.1.